The van der Waals surface area contributed by atoms with Gasteiger partial charge < -0.3 is 9.84 Å². The zero-order chi connectivity index (χ0) is 10.6. The van der Waals surface area contributed by atoms with Crippen molar-refractivity contribution in [3.63, 3.8) is 0 Å². The Morgan fingerprint density at radius 3 is 2.71 bits per heavy atom. The van der Waals surface area contributed by atoms with Gasteiger partial charge in [-0.3, -0.25) is 4.79 Å². The predicted octanol–water partition coefficient (Wildman–Crippen LogP) is 2.61. The van der Waals surface area contributed by atoms with Gasteiger partial charge in [-0.2, -0.15) is 0 Å². The van der Waals surface area contributed by atoms with E-state index in [1.165, 1.54) is 7.11 Å². The third kappa shape index (κ3) is 2.82. The van der Waals surface area contributed by atoms with E-state index in [2.05, 4.69) is 15.9 Å². The second kappa shape index (κ2) is 5.12. The highest BCUT2D eigenvalue weighted by molar-refractivity contribution is 9.10. The van der Waals surface area contributed by atoms with Crippen molar-refractivity contribution in [2.75, 3.05) is 7.11 Å². The van der Waals surface area contributed by atoms with Gasteiger partial charge in [0.25, 0.3) is 0 Å². The predicted molar refractivity (Wildman–Crippen MR) is 56.1 cm³/mol. The Morgan fingerprint density at radius 1 is 1.57 bits per heavy atom. The molecule has 1 aromatic rings. The molecule has 0 amide bonds. The maximum absolute atomic E-state index is 10.6. The number of methoxy groups -OCH3 is 1. The maximum atomic E-state index is 10.6. The van der Waals surface area contributed by atoms with Gasteiger partial charge in [0.05, 0.1) is 12.5 Å². The quantitative estimate of drug-likeness (QED) is 0.903. The Kier molecular flexibility index (Phi) is 4.10. The molecule has 0 aromatic heterocycles. The molecular formula is C10H11BrO3. The molecule has 0 heterocycles. The van der Waals surface area contributed by atoms with Crippen LogP contribution in [0.2, 0.25) is 0 Å². The summed E-state index contributed by atoms with van der Waals surface area (Å²) in [6.07, 6.45) is -0.429. The summed E-state index contributed by atoms with van der Waals surface area (Å²) in [6, 6.07) is 7.44. The van der Waals surface area contributed by atoms with Gasteiger partial charge in [-0.05, 0) is 11.6 Å². The van der Waals surface area contributed by atoms with Crippen LogP contribution in [0.5, 0.6) is 0 Å². The van der Waals surface area contributed by atoms with Crippen LogP contribution in [0.4, 0.5) is 0 Å². The SMILES string of the molecule is COC(CC(=O)O)c1ccccc1Br. The maximum Gasteiger partial charge on any atom is 0.306 e. The number of aliphatic carboxylic acids is 1. The fourth-order valence-corrected chi connectivity index (χ4v) is 1.76. The van der Waals surface area contributed by atoms with E-state index in [1.54, 1.807) is 0 Å². The number of halogens is 1. The third-order valence-corrected chi connectivity index (χ3v) is 2.62. The molecule has 1 atom stereocenters. The minimum atomic E-state index is -0.868. The first-order valence-electron chi connectivity index (χ1n) is 4.14. The van der Waals surface area contributed by atoms with E-state index in [1.807, 2.05) is 24.3 Å². The van der Waals surface area contributed by atoms with E-state index < -0.39 is 12.1 Å². The molecule has 0 radical (unpaired) electrons. The number of carboxylic acid groups (broad SMARTS) is 1. The topological polar surface area (TPSA) is 46.5 Å². The van der Waals surface area contributed by atoms with Gasteiger partial charge in [-0.25, -0.2) is 0 Å². The highest BCUT2D eigenvalue weighted by Gasteiger charge is 2.16. The standard InChI is InChI=1S/C10H11BrO3/c1-14-9(6-10(12)13)7-4-2-3-5-8(7)11/h2-5,9H,6H2,1H3,(H,12,13). The molecule has 1 unspecified atom stereocenters. The molecule has 4 heteroatoms. The van der Waals surface area contributed by atoms with Crippen LogP contribution in [0.15, 0.2) is 28.7 Å². The van der Waals surface area contributed by atoms with Crippen LogP contribution in [0.3, 0.4) is 0 Å². The fraction of sp³-hybridized carbons (Fsp3) is 0.300. The first kappa shape index (κ1) is 11.2. The molecule has 0 bridgehead atoms. The largest absolute Gasteiger partial charge is 0.481 e. The molecule has 0 saturated heterocycles. The Morgan fingerprint density at radius 2 is 2.21 bits per heavy atom. The average Bonchev–Trinajstić information content (AvgIpc) is 2.15. The molecular weight excluding hydrogens is 248 g/mol. The van der Waals surface area contributed by atoms with Crippen molar-refractivity contribution in [2.45, 2.75) is 12.5 Å². The number of benzene rings is 1. The van der Waals surface area contributed by atoms with Crippen LogP contribution >= 0.6 is 15.9 Å². The lowest BCUT2D eigenvalue weighted by molar-refractivity contribution is -0.139. The van der Waals surface area contributed by atoms with Gasteiger partial charge in [-0.15, -0.1) is 0 Å². The van der Waals surface area contributed by atoms with E-state index >= 15 is 0 Å². The van der Waals surface area contributed by atoms with Gasteiger partial charge in [0.15, 0.2) is 0 Å². The molecule has 0 aliphatic carbocycles. The molecule has 3 nitrogen and oxygen atoms in total. The number of hydrogen-bond donors (Lipinski definition) is 1. The zero-order valence-corrected chi connectivity index (χ0v) is 9.32. The molecule has 0 saturated carbocycles. The summed E-state index contributed by atoms with van der Waals surface area (Å²) in [5.74, 6) is -0.868. The lowest BCUT2D eigenvalue weighted by atomic mass is 10.1. The van der Waals surface area contributed by atoms with Crippen molar-refractivity contribution in [3.8, 4) is 0 Å². The summed E-state index contributed by atoms with van der Waals surface area (Å²) < 4.78 is 5.99. The van der Waals surface area contributed by atoms with E-state index in [9.17, 15) is 4.79 Å². The number of carboxylic acids is 1. The van der Waals surface area contributed by atoms with Crippen molar-refractivity contribution >= 4 is 21.9 Å². The Balaban J connectivity index is 2.89. The van der Waals surface area contributed by atoms with Gasteiger partial charge in [0.1, 0.15) is 0 Å². The van der Waals surface area contributed by atoms with Crippen molar-refractivity contribution in [1.29, 1.82) is 0 Å². The van der Waals surface area contributed by atoms with Crippen molar-refractivity contribution < 1.29 is 14.6 Å². The lowest BCUT2D eigenvalue weighted by Crippen LogP contribution is -2.08. The zero-order valence-electron chi connectivity index (χ0n) is 7.74. The Labute approximate surface area is 90.8 Å². The monoisotopic (exact) mass is 258 g/mol. The molecule has 0 spiro atoms. The fourth-order valence-electron chi connectivity index (χ4n) is 1.22. The smallest absolute Gasteiger partial charge is 0.306 e. The van der Waals surface area contributed by atoms with Gasteiger partial charge in [-0.1, -0.05) is 34.1 Å². The summed E-state index contributed by atoms with van der Waals surface area (Å²) in [5, 5.41) is 8.67. The first-order valence-corrected chi connectivity index (χ1v) is 4.93. The van der Waals surface area contributed by atoms with Gasteiger partial charge in [0, 0.05) is 11.6 Å². The van der Waals surface area contributed by atoms with Crippen LogP contribution in [0.1, 0.15) is 18.1 Å². The lowest BCUT2D eigenvalue weighted by Gasteiger charge is -2.14. The van der Waals surface area contributed by atoms with Crippen LogP contribution in [-0.2, 0) is 9.53 Å². The minimum Gasteiger partial charge on any atom is -0.481 e. The number of rotatable bonds is 4. The van der Waals surface area contributed by atoms with Crippen molar-refractivity contribution in [1.82, 2.24) is 0 Å². The molecule has 1 N–H and O–H groups in total. The second-order valence-electron chi connectivity index (χ2n) is 2.84. The van der Waals surface area contributed by atoms with Crippen molar-refractivity contribution in [2.24, 2.45) is 0 Å². The normalized spacial score (nSPS) is 12.4. The summed E-state index contributed by atoms with van der Waals surface area (Å²) >= 11 is 3.35. The summed E-state index contributed by atoms with van der Waals surface area (Å²) in [4.78, 5) is 10.6. The average molecular weight is 259 g/mol. The minimum absolute atomic E-state index is 0.0287. The van der Waals surface area contributed by atoms with Gasteiger partial charge >= 0.3 is 5.97 Å². The van der Waals surface area contributed by atoms with E-state index in [4.69, 9.17) is 9.84 Å². The number of hydrogen-bond acceptors (Lipinski definition) is 2. The molecule has 0 fully saturated rings. The van der Waals surface area contributed by atoms with E-state index in [-0.39, 0.29) is 6.42 Å². The third-order valence-electron chi connectivity index (χ3n) is 1.90. The van der Waals surface area contributed by atoms with Crippen molar-refractivity contribution in [3.05, 3.63) is 34.3 Å². The van der Waals surface area contributed by atoms with Crippen LogP contribution < -0.4 is 0 Å². The van der Waals surface area contributed by atoms with Crippen LogP contribution in [0.25, 0.3) is 0 Å². The van der Waals surface area contributed by atoms with Crippen LogP contribution in [0, 0.1) is 0 Å². The molecule has 1 aromatic carbocycles. The van der Waals surface area contributed by atoms with E-state index in [0.29, 0.717) is 0 Å². The highest BCUT2D eigenvalue weighted by Crippen LogP contribution is 2.27. The summed E-state index contributed by atoms with van der Waals surface area (Å²) in [6.45, 7) is 0. The molecule has 14 heavy (non-hydrogen) atoms. The molecule has 0 aliphatic rings. The highest BCUT2D eigenvalue weighted by atomic mass is 79.9. The Bertz CT molecular complexity index is 325. The summed E-state index contributed by atoms with van der Waals surface area (Å²) in [5.41, 5.74) is 0.859. The Hall–Kier alpha value is -0.870. The first-order chi connectivity index (χ1) is 6.65. The van der Waals surface area contributed by atoms with Crippen LogP contribution in [-0.4, -0.2) is 18.2 Å². The molecule has 0 aliphatic heterocycles. The number of ether oxygens (including phenoxy) is 1. The van der Waals surface area contributed by atoms with Gasteiger partial charge in [0.2, 0.25) is 0 Å². The number of carbonyl (C=O) groups is 1. The molecule has 1 rings (SSSR count). The molecule has 76 valence electrons. The summed E-state index contributed by atoms with van der Waals surface area (Å²) in [7, 11) is 1.51. The van der Waals surface area contributed by atoms with E-state index in [0.717, 1.165) is 10.0 Å². The second-order valence-corrected chi connectivity index (χ2v) is 3.70.